The van der Waals surface area contributed by atoms with Gasteiger partial charge in [0.05, 0.1) is 0 Å². The molecule has 1 atom stereocenters. The maximum Gasteiger partial charge on any atom is 0.323 e. The number of fused-ring (bicyclic) bond motifs is 1. The van der Waals surface area contributed by atoms with E-state index in [9.17, 15) is 19.1 Å². The van der Waals surface area contributed by atoms with E-state index < -0.39 is 12.5 Å². The van der Waals surface area contributed by atoms with Gasteiger partial charge in [-0.05, 0) is 65.9 Å². The number of amides is 1. The number of carbonyl (C=O) groups excluding carboxylic acids is 1. The molecule has 0 saturated carbocycles. The van der Waals surface area contributed by atoms with Gasteiger partial charge in [0.1, 0.15) is 23.7 Å². The molecular formula is C28H27ClFNO4. The van der Waals surface area contributed by atoms with Gasteiger partial charge in [-0.1, -0.05) is 48.0 Å². The molecule has 0 aromatic heterocycles. The summed E-state index contributed by atoms with van der Waals surface area (Å²) >= 11 is 5.99. The molecule has 0 fully saturated rings. The molecule has 0 unspecified atom stereocenters. The molecule has 1 aliphatic heterocycles. The van der Waals surface area contributed by atoms with Crippen LogP contribution in [0.2, 0.25) is 5.02 Å². The van der Waals surface area contributed by atoms with Crippen molar-refractivity contribution < 1.29 is 23.8 Å². The van der Waals surface area contributed by atoms with Gasteiger partial charge in [0.15, 0.2) is 0 Å². The van der Waals surface area contributed by atoms with Gasteiger partial charge in [0, 0.05) is 30.8 Å². The predicted octanol–water partition coefficient (Wildman–Crippen LogP) is 5.46. The summed E-state index contributed by atoms with van der Waals surface area (Å²) in [5.41, 5.74) is 3.55. The number of aryl methyl sites for hydroxylation is 1. The summed E-state index contributed by atoms with van der Waals surface area (Å²) in [7, 11) is 0. The number of rotatable bonds is 9. The first-order valence-electron chi connectivity index (χ1n) is 11.5. The number of halogens is 2. The molecule has 182 valence electrons. The van der Waals surface area contributed by atoms with Crippen LogP contribution in [0.4, 0.5) is 4.39 Å². The maximum absolute atomic E-state index is 13.2. The van der Waals surface area contributed by atoms with Crippen molar-refractivity contribution in [2.75, 3.05) is 6.54 Å². The molecule has 1 aliphatic rings. The van der Waals surface area contributed by atoms with Gasteiger partial charge in [-0.2, -0.15) is 0 Å². The molecule has 3 aromatic carbocycles. The van der Waals surface area contributed by atoms with Crippen molar-refractivity contribution in [3.63, 3.8) is 0 Å². The molecule has 7 heteroatoms. The van der Waals surface area contributed by atoms with Crippen LogP contribution in [0.3, 0.4) is 0 Å². The number of aliphatic carboxylic acids is 1. The lowest BCUT2D eigenvalue weighted by Gasteiger charge is -2.24. The molecule has 0 radical (unpaired) electrons. The van der Waals surface area contributed by atoms with Crippen LogP contribution in [-0.2, 0) is 35.4 Å². The Morgan fingerprint density at radius 1 is 1.03 bits per heavy atom. The number of ether oxygens (including phenoxy) is 1. The summed E-state index contributed by atoms with van der Waals surface area (Å²) in [6.45, 7) is 1.80. The Balaban J connectivity index is 1.38. The highest BCUT2D eigenvalue weighted by molar-refractivity contribution is 6.30. The first-order valence-corrected chi connectivity index (χ1v) is 11.9. The van der Waals surface area contributed by atoms with Crippen LogP contribution in [0.5, 0.6) is 5.75 Å². The molecule has 5 nitrogen and oxygen atoms in total. The number of carboxylic acid groups (broad SMARTS) is 1. The Labute approximate surface area is 209 Å². The fourth-order valence-electron chi connectivity index (χ4n) is 4.48. The summed E-state index contributed by atoms with van der Waals surface area (Å²) in [5.74, 6) is -0.883. The summed E-state index contributed by atoms with van der Waals surface area (Å²) in [6.07, 6.45) is 2.17. The molecule has 35 heavy (non-hydrogen) atoms. The number of benzene rings is 3. The Kier molecular flexibility index (Phi) is 7.41. The van der Waals surface area contributed by atoms with Crippen LogP contribution in [0.15, 0.2) is 66.7 Å². The van der Waals surface area contributed by atoms with Gasteiger partial charge in [0.25, 0.3) is 0 Å². The second-order valence-corrected chi connectivity index (χ2v) is 9.68. The van der Waals surface area contributed by atoms with E-state index in [-0.39, 0.29) is 30.3 Å². The van der Waals surface area contributed by atoms with Gasteiger partial charge in [-0.3, -0.25) is 9.59 Å². The summed E-state index contributed by atoms with van der Waals surface area (Å²) in [4.78, 5) is 25.4. The van der Waals surface area contributed by atoms with E-state index in [1.165, 1.54) is 17.0 Å². The van der Waals surface area contributed by atoms with Crippen molar-refractivity contribution in [2.24, 2.45) is 0 Å². The molecule has 1 heterocycles. The van der Waals surface area contributed by atoms with Crippen molar-refractivity contribution in [1.29, 1.82) is 0 Å². The first kappa shape index (κ1) is 24.7. The molecule has 1 amide bonds. The van der Waals surface area contributed by atoms with Crippen LogP contribution in [-0.4, -0.2) is 34.0 Å². The lowest BCUT2D eigenvalue weighted by atomic mass is 9.91. The number of carboxylic acids is 1. The summed E-state index contributed by atoms with van der Waals surface area (Å²) < 4.78 is 19.4. The van der Waals surface area contributed by atoms with Gasteiger partial charge >= 0.3 is 5.97 Å². The molecule has 4 rings (SSSR count). The lowest BCUT2D eigenvalue weighted by molar-refractivity contribution is -0.144. The van der Waals surface area contributed by atoms with Crippen LogP contribution in [0.1, 0.15) is 35.6 Å². The van der Waals surface area contributed by atoms with E-state index in [0.29, 0.717) is 17.0 Å². The first-order chi connectivity index (χ1) is 16.7. The highest BCUT2D eigenvalue weighted by atomic mass is 35.5. The average molecular weight is 496 g/mol. The Morgan fingerprint density at radius 3 is 2.37 bits per heavy atom. The molecular weight excluding hydrogens is 469 g/mol. The molecule has 0 saturated heterocycles. The van der Waals surface area contributed by atoms with Gasteiger partial charge < -0.3 is 14.7 Å². The SMILES string of the molecule is C[C@@]1(Cc2ccc(Cl)cc2)Cc2cc(CCC(=O)N(CC(=O)O)Cc3ccc(F)cc3)ccc2O1. The quantitative estimate of drug-likeness (QED) is 0.428. The Bertz CT molecular complexity index is 1210. The average Bonchev–Trinajstić information content (AvgIpc) is 3.14. The minimum atomic E-state index is -1.09. The summed E-state index contributed by atoms with van der Waals surface area (Å²) in [5, 5.41) is 9.94. The number of carbonyl (C=O) groups is 2. The zero-order chi connectivity index (χ0) is 25.0. The highest BCUT2D eigenvalue weighted by Gasteiger charge is 2.35. The molecule has 3 aromatic rings. The third-order valence-corrected chi connectivity index (χ3v) is 6.38. The highest BCUT2D eigenvalue weighted by Crippen LogP contribution is 2.37. The second kappa shape index (κ2) is 10.5. The van der Waals surface area contributed by atoms with E-state index in [4.69, 9.17) is 16.3 Å². The van der Waals surface area contributed by atoms with E-state index in [1.54, 1.807) is 12.1 Å². The van der Waals surface area contributed by atoms with E-state index in [2.05, 4.69) is 13.0 Å². The van der Waals surface area contributed by atoms with Gasteiger partial charge in [-0.15, -0.1) is 0 Å². The largest absolute Gasteiger partial charge is 0.487 e. The van der Waals surface area contributed by atoms with Crippen molar-refractivity contribution >= 4 is 23.5 Å². The van der Waals surface area contributed by atoms with Crippen molar-refractivity contribution in [3.05, 3.63) is 99.8 Å². The number of hydrogen-bond acceptors (Lipinski definition) is 3. The van der Waals surface area contributed by atoms with Gasteiger partial charge in [-0.25, -0.2) is 4.39 Å². The smallest absolute Gasteiger partial charge is 0.323 e. The van der Waals surface area contributed by atoms with Crippen LogP contribution in [0.25, 0.3) is 0 Å². The second-order valence-electron chi connectivity index (χ2n) is 9.24. The zero-order valence-electron chi connectivity index (χ0n) is 19.5. The molecule has 0 aliphatic carbocycles. The maximum atomic E-state index is 13.2. The third-order valence-electron chi connectivity index (χ3n) is 6.13. The predicted molar refractivity (Wildman–Crippen MR) is 132 cm³/mol. The van der Waals surface area contributed by atoms with Crippen LogP contribution in [0, 0.1) is 5.82 Å². The van der Waals surface area contributed by atoms with E-state index in [0.717, 1.165) is 35.3 Å². The van der Waals surface area contributed by atoms with E-state index in [1.807, 2.05) is 36.4 Å². The van der Waals surface area contributed by atoms with Gasteiger partial charge in [0.2, 0.25) is 5.91 Å². The minimum Gasteiger partial charge on any atom is -0.487 e. The molecule has 1 N–H and O–H groups in total. The van der Waals surface area contributed by atoms with Crippen molar-refractivity contribution in [2.45, 2.75) is 44.8 Å². The topological polar surface area (TPSA) is 66.8 Å². The van der Waals surface area contributed by atoms with E-state index >= 15 is 0 Å². The van der Waals surface area contributed by atoms with Crippen molar-refractivity contribution in [3.8, 4) is 5.75 Å². The third kappa shape index (κ3) is 6.61. The minimum absolute atomic E-state index is 0.118. The number of hydrogen-bond donors (Lipinski definition) is 1. The molecule has 0 spiro atoms. The Morgan fingerprint density at radius 2 is 1.69 bits per heavy atom. The molecule has 0 bridgehead atoms. The fraction of sp³-hybridized carbons (Fsp3) is 0.286. The standard InChI is InChI=1S/C28H27ClFNO4/c1-28(15-20-2-8-23(29)9-3-20)16-22-14-19(6-12-25(22)35-28)7-13-26(32)31(18-27(33)34)17-21-4-10-24(30)11-5-21/h2-6,8-12,14H,7,13,15-18H2,1H3,(H,33,34)/t28-/m1/s1. The Hall–Kier alpha value is -3.38. The normalized spacial score (nSPS) is 16.4. The van der Waals surface area contributed by atoms with Crippen LogP contribution >= 0.6 is 11.6 Å². The van der Waals surface area contributed by atoms with Crippen LogP contribution < -0.4 is 4.74 Å². The monoisotopic (exact) mass is 495 g/mol. The summed E-state index contributed by atoms with van der Waals surface area (Å²) in [6, 6.07) is 19.4. The lowest BCUT2D eigenvalue weighted by Crippen LogP contribution is -2.35. The zero-order valence-corrected chi connectivity index (χ0v) is 20.2. The fourth-order valence-corrected chi connectivity index (χ4v) is 4.60. The van der Waals surface area contributed by atoms with Crippen molar-refractivity contribution in [1.82, 2.24) is 4.90 Å². The number of nitrogens with zero attached hydrogens (tertiary/aromatic N) is 1.